The van der Waals surface area contributed by atoms with Gasteiger partial charge < -0.3 is 4.90 Å². The Labute approximate surface area is 182 Å². The summed E-state index contributed by atoms with van der Waals surface area (Å²) in [4.78, 5) is 43.1. The van der Waals surface area contributed by atoms with Gasteiger partial charge in [0, 0.05) is 44.9 Å². The Morgan fingerprint density at radius 2 is 1.73 bits per heavy atom. The topological polar surface area (TPSA) is 87.0 Å². The molecule has 0 unspecified atom stereocenters. The molecule has 3 rings (SSSR count). The quantitative estimate of drug-likeness (QED) is 0.315. The highest BCUT2D eigenvalue weighted by Gasteiger charge is 2.63. The molecule has 1 saturated heterocycles. The SMILES string of the molecule is CC(C)CN1c2ccc([N+](=O)[O-])cc2CC2(C(=O)N(C)C(=S)N(C)C2=O)[C@H]1C(C)C. The summed E-state index contributed by atoms with van der Waals surface area (Å²) in [5, 5.41) is 11.6. The average Bonchev–Trinajstić information content (AvgIpc) is 2.68. The fourth-order valence-electron chi connectivity index (χ4n) is 4.96. The number of hydrogen-bond donors (Lipinski definition) is 0. The lowest BCUT2D eigenvalue weighted by Gasteiger charge is -2.55. The standard InChI is InChI=1S/C21H28N4O4S/c1-12(2)11-24-16-8-7-15(25(28)29)9-14(16)10-21(17(24)13(3)4)18(26)22(5)20(30)23(6)19(21)27/h7-9,12-13,17H,10-11H2,1-6H3/t17-/m1/s1. The molecule has 0 aromatic heterocycles. The predicted octanol–water partition coefficient (Wildman–Crippen LogP) is 2.84. The van der Waals surface area contributed by atoms with E-state index in [0.29, 0.717) is 12.1 Å². The number of thiocarbonyl (C=S) groups is 1. The van der Waals surface area contributed by atoms with Crippen molar-refractivity contribution in [1.82, 2.24) is 9.80 Å². The molecule has 0 bridgehead atoms. The van der Waals surface area contributed by atoms with Crippen LogP contribution in [0.1, 0.15) is 33.3 Å². The minimum absolute atomic E-state index is 0.0199. The van der Waals surface area contributed by atoms with Gasteiger partial charge in [0.1, 0.15) is 0 Å². The van der Waals surface area contributed by atoms with E-state index in [4.69, 9.17) is 12.2 Å². The number of benzene rings is 1. The van der Waals surface area contributed by atoms with Crippen LogP contribution < -0.4 is 4.90 Å². The van der Waals surface area contributed by atoms with Gasteiger partial charge in [-0.25, -0.2) is 0 Å². The number of carbonyl (C=O) groups excluding carboxylic acids is 2. The lowest BCUT2D eigenvalue weighted by Crippen LogP contribution is -2.72. The predicted molar refractivity (Wildman–Crippen MR) is 118 cm³/mol. The highest BCUT2D eigenvalue weighted by Crippen LogP contribution is 2.48. The number of amides is 2. The number of rotatable bonds is 4. The lowest BCUT2D eigenvalue weighted by atomic mass is 9.65. The number of non-ortho nitro benzene ring substituents is 1. The van der Waals surface area contributed by atoms with E-state index < -0.39 is 16.4 Å². The maximum atomic E-state index is 13.7. The van der Waals surface area contributed by atoms with Gasteiger partial charge in [-0.2, -0.15) is 0 Å². The Morgan fingerprint density at radius 1 is 1.17 bits per heavy atom. The molecule has 162 valence electrons. The summed E-state index contributed by atoms with van der Waals surface area (Å²) in [5.74, 6) is -0.455. The number of fused-ring (bicyclic) bond motifs is 1. The Kier molecular flexibility index (Phi) is 5.62. The van der Waals surface area contributed by atoms with Crippen molar-refractivity contribution in [3.05, 3.63) is 33.9 Å². The van der Waals surface area contributed by atoms with Gasteiger partial charge in [-0.1, -0.05) is 27.7 Å². The summed E-state index contributed by atoms with van der Waals surface area (Å²) in [5.41, 5.74) is 0.0389. The zero-order chi connectivity index (χ0) is 22.5. The van der Waals surface area contributed by atoms with Gasteiger partial charge in [-0.3, -0.25) is 29.5 Å². The van der Waals surface area contributed by atoms with E-state index in [2.05, 4.69) is 18.7 Å². The van der Waals surface area contributed by atoms with Gasteiger partial charge in [0.2, 0.25) is 11.8 Å². The maximum absolute atomic E-state index is 13.7. The molecule has 2 aliphatic rings. The van der Waals surface area contributed by atoms with Crippen LogP contribution in [-0.4, -0.2) is 58.3 Å². The fraction of sp³-hybridized carbons (Fsp3) is 0.571. The van der Waals surface area contributed by atoms with Crippen molar-refractivity contribution < 1.29 is 14.5 Å². The molecule has 1 atom stereocenters. The Hall–Kier alpha value is -2.55. The van der Waals surface area contributed by atoms with Gasteiger partial charge in [-0.05, 0) is 35.7 Å². The lowest BCUT2D eigenvalue weighted by molar-refractivity contribution is -0.384. The van der Waals surface area contributed by atoms with Gasteiger partial charge >= 0.3 is 0 Å². The Balaban J connectivity index is 2.31. The smallest absolute Gasteiger partial charge is 0.269 e. The van der Waals surface area contributed by atoms with Crippen LogP contribution >= 0.6 is 12.2 Å². The van der Waals surface area contributed by atoms with Gasteiger partial charge in [0.15, 0.2) is 10.5 Å². The minimum atomic E-state index is -1.39. The van der Waals surface area contributed by atoms with Crippen LogP contribution in [0.4, 0.5) is 11.4 Å². The summed E-state index contributed by atoms with van der Waals surface area (Å²) in [6.07, 6.45) is 0.108. The first-order valence-corrected chi connectivity index (χ1v) is 10.5. The van der Waals surface area contributed by atoms with Crippen LogP contribution in [0.2, 0.25) is 0 Å². The molecule has 9 heteroatoms. The van der Waals surface area contributed by atoms with Crippen LogP contribution in [0.3, 0.4) is 0 Å². The number of nitrogens with zero attached hydrogens (tertiary/aromatic N) is 4. The highest BCUT2D eigenvalue weighted by atomic mass is 32.1. The van der Waals surface area contributed by atoms with Crippen LogP contribution in [0.5, 0.6) is 0 Å². The second kappa shape index (κ2) is 7.61. The van der Waals surface area contributed by atoms with Crippen molar-refractivity contribution in [3.8, 4) is 0 Å². The second-order valence-corrected chi connectivity index (χ2v) is 9.33. The van der Waals surface area contributed by atoms with E-state index in [1.165, 1.54) is 21.9 Å². The summed E-state index contributed by atoms with van der Waals surface area (Å²) in [6, 6.07) is 4.32. The molecule has 1 aromatic rings. The fourth-order valence-corrected chi connectivity index (χ4v) is 5.12. The first kappa shape index (κ1) is 22.1. The molecule has 0 aliphatic carbocycles. The number of anilines is 1. The van der Waals surface area contributed by atoms with E-state index >= 15 is 0 Å². The van der Waals surface area contributed by atoms with E-state index in [-0.39, 0.29) is 40.9 Å². The van der Waals surface area contributed by atoms with E-state index in [0.717, 1.165) is 5.69 Å². The Bertz CT molecular complexity index is 906. The molecule has 2 heterocycles. The summed E-state index contributed by atoms with van der Waals surface area (Å²) in [6.45, 7) is 8.77. The van der Waals surface area contributed by atoms with E-state index in [1.54, 1.807) is 20.2 Å². The molecule has 2 amide bonds. The zero-order valence-corrected chi connectivity index (χ0v) is 19.0. The number of nitro groups is 1. The van der Waals surface area contributed by atoms with Crippen LogP contribution in [0.25, 0.3) is 0 Å². The molecule has 0 radical (unpaired) electrons. The molecule has 30 heavy (non-hydrogen) atoms. The van der Waals surface area contributed by atoms with Crippen molar-refractivity contribution in [2.45, 2.75) is 40.2 Å². The highest BCUT2D eigenvalue weighted by molar-refractivity contribution is 7.80. The largest absolute Gasteiger partial charge is 0.366 e. The third-order valence-electron chi connectivity index (χ3n) is 6.03. The van der Waals surface area contributed by atoms with Crippen molar-refractivity contribution in [2.24, 2.45) is 17.3 Å². The molecule has 1 aromatic carbocycles. The van der Waals surface area contributed by atoms with Crippen LogP contribution in [0, 0.1) is 27.4 Å². The third kappa shape index (κ3) is 3.15. The normalized spacial score (nSPS) is 21.1. The number of carbonyl (C=O) groups is 2. The molecular formula is C21H28N4O4S. The van der Waals surface area contributed by atoms with Gasteiger partial charge in [0.25, 0.3) is 5.69 Å². The molecule has 1 fully saturated rings. The average molecular weight is 433 g/mol. The van der Waals surface area contributed by atoms with Crippen LogP contribution in [-0.2, 0) is 16.0 Å². The van der Waals surface area contributed by atoms with E-state index in [1.807, 2.05) is 13.8 Å². The van der Waals surface area contributed by atoms with Crippen molar-refractivity contribution >= 4 is 40.5 Å². The zero-order valence-electron chi connectivity index (χ0n) is 18.2. The summed E-state index contributed by atoms with van der Waals surface area (Å²) in [7, 11) is 3.17. The number of hydrogen-bond acceptors (Lipinski definition) is 6. The summed E-state index contributed by atoms with van der Waals surface area (Å²) >= 11 is 5.30. The molecule has 2 aliphatic heterocycles. The van der Waals surface area contributed by atoms with E-state index in [9.17, 15) is 19.7 Å². The van der Waals surface area contributed by atoms with Gasteiger partial charge in [-0.15, -0.1) is 0 Å². The van der Waals surface area contributed by atoms with Crippen molar-refractivity contribution in [1.29, 1.82) is 0 Å². The van der Waals surface area contributed by atoms with Crippen molar-refractivity contribution in [2.75, 3.05) is 25.5 Å². The summed E-state index contributed by atoms with van der Waals surface area (Å²) < 4.78 is 0. The maximum Gasteiger partial charge on any atom is 0.269 e. The first-order valence-electron chi connectivity index (χ1n) is 10.1. The monoisotopic (exact) mass is 432 g/mol. The second-order valence-electron chi connectivity index (χ2n) is 8.96. The molecule has 0 N–H and O–H groups in total. The first-order chi connectivity index (χ1) is 13.9. The van der Waals surface area contributed by atoms with Gasteiger partial charge in [0.05, 0.1) is 11.0 Å². The molecule has 0 saturated carbocycles. The third-order valence-corrected chi connectivity index (χ3v) is 6.58. The Morgan fingerprint density at radius 3 is 2.20 bits per heavy atom. The molecule has 1 spiro atoms. The van der Waals surface area contributed by atoms with Crippen LogP contribution in [0.15, 0.2) is 18.2 Å². The van der Waals surface area contributed by atoms with Crippen molar-refractivity contribution in [3.63, 3.8) is 0 Å². The molecule has 8 nitrogen and oxygen atoms in total. The minimum Gasteiger partial charge on any atom is -0.366 e. The number of nitro benzene ring substituents is 1. The molecular weight excluding hydrogens is 404 g/mol.